The van der Waals surface area contributed by atoms with Crippen molar-refractivity contribution in [3.8, 4) is 0 Å². The molecular formula is C13H12N2O3. The molecule has 1 fully saturated rings. The molecule has 0 N–H and O–H groups in total. The van der Waals surface area contributed by atoms with Gasteiger partial charge >= 0.3 is 0 Å². The van der Waals surface area contributed by atoms with Crippen molar-refractivity contribution < 1.29 is 9.72 Å². The van der Waals surface area contributed by atoms with Crippen LogP contribution in [-0.4, -0.2) is 15.8 Å². The number of non-ortho nitro benzene ring substituents is 1. The minimum Gasteiger partial charge on any atom is -0.332 e. The Morgan fingerprint density at radius 1 is 1.44 bits per heavy atom. The van der Waals surface area contributed by atoms with E-state index < -0.39 is 0 Å². The van der Waals surface area contributed by atoms with Crippen molar-refractivity contribution in [3.63, 3.8) is 0 Å². The summed E-state index contributed by atoms with van der Waals surface area (Å²) in [5.41, 5.74) is 1.16. The Balaban J connectivity index is 2.26. The molecule has 92 valence electrons. The van der Waals surface area contributed by atoms with Crippen molar-refractivity contribution in [1.29, 1.82) is 0 Å². The van der Waals surface area contributed by atoms with E-state index in [2.05, 4.69) is 0 Å². The Kier molecular flexibility index (Phi) is 2.40. The molecule has 18 heavy (non-hydrogen) atoms. The number of nitro benzene ring substituents is 1. The third-order valence-corrected chi connectivity index (χ3v) is 3.39. The molecule has 1 aromatic heterocycles. The van der Waals surface area contributed by atoms with E-state index in [1.807, 2.05) is 0 Å². The lowest BCUT2D eigenvalue weighted by Crippen LogP contribution is -2.05. The Morgan fingerprint density at radius 3 is 2.83 bits per heavy atom. The summed E-state index contributed by atoms with van der Waals surface area (Å²) in [7, 11) is 0. The molecule has 0 saturated heterocycles. The number of aldehydes is 1. The van der Waals surface area contributed by atoms with Gasteiger partial charge in [-0.15, -0.1) is 0 Å². The first-order chi connectivity index (χ1) is 8.70. The minimum absolute atomic E-state index is 0.0706. The van der Waals surface area contributed by atoms with Crippen LogP contribution >= 0.6 is 0 Å². The summed E-state index contributed by atoms with van der Waals surface area (Å²) in [6, 6.07) is 6.66. The van der Waals surface area contributed by atoms with Crippen molar-refractivity contribution in [2.24, 2.45) is 5.92 Å². The molecule has 0 unspecified atom stereocenters. The van der Waals surface area contributed by atoms with Crippen molar-refractivity contribution >= 4 is 22.9 Å². The molecule has 1 aliphatic rings. The van der Waals surface area contributed by atoms with E-state index >= 15 is 0 Å². The second-order valence-corrected chi connectivity index (χ2v) is 4.71. The fourth-order valence-electron chi connectivity index (χ4n) is 2.33. The van der Waals surface area contributed by atoms with E-state index in [0.717, 1.165) is 24.5 Å². The molecule has 5 heteroatoms. The fraction of sp³-hybridized carbons (Fsp3) is 0.308. The lowest BCUT2D eigenvalue weighted by Gasteiger charge is -2.06. The fourth-order valence-corrected chi connectivity index (χ4v) is 2.33. The zero-order chi connectivity index (χ0) is 12.7. The van der Waals surface area contributed by atoms with Gasteiger partial charge in [-0.05, 0) is 24.8 Å². The summed E-state index contributed by atoms with van der Waals surface area (Å²) in [5.74, 6) is 0.555. The maximum atomic E-state index is 11.1. The van der Waals surface area contributed by atoms with Gasteiger partial charge in [-0.2, -0.15) is 0 Å². The number of nitro groups is 1. The predicted octanol–water partition coefficient (Wildman–Crippen LogP) is 2.77. The van der Waals surface area contributed by atoms with Gasteiger partial charge in [0.25, 0.3) is 5.69 Å². The Labute approximate surface area is 103 Å². The highest BCUT2D eigenvalue weighted by molar-refractivity contribution is 5.94. The second kappa shape index (κ2) is 3.94. The number of hydrogen-bond acceptors (Lipinski definition) is 3. The number of rotatable bonds is 4. The first-order valence-corrected chi connectivity index (χ1v) is 5.92. The van der Waals surface area contributed by atoms with Crippen LogP contribution in [0.1, 0.15) is 23.3 Å². The summed E-state index contributed by atoms with van der Waals surface area (Å²) in [4.78, 5) is 21.8. The number of benzene rings is 1. The Hall–Kier alpha value is -2.17. The van der Waals surface area contributed by atoms with Crippen LogP contribution in [0.3, 0.4) is 0 Å². The molecule has 0 spiro atoms. The second-order valence-electron chi connectivity index (χ2n) is 4.71. The zero-order valence-corrected chi connectivity index (χ0v) is 9.70. The zero-order valence-electron chi connectivity index (χ0n) is 9.70. The van der Waals surface area contributed by atoms with Gasteiger partial charge in [-0.3, -0.25) is 14.9 Å². The third-order valence-electron chi connectivity index (χ3n) is 3.39. The van der Waals surface area contributed by atoms with Crippen LogP contribution in [0.2, 0.25) is 0 Å². The van der Waals surface area contributed by atoms with Gasteiger partial charge in [0, 0.05) is 18.0 Å². The minimum atomic E-state index is -0.389. The van der Waals surface area contributed by atoms with Crippen LogP contribution in [-0.2, 0) is 6.54 Å². The summed E-state index contributed by atoms with van der Waals surface area (Å²) in [6.45, 7) is 0.697. The number of carbonyl (C=O) groups excluding carboxylic acids is 1. The summed E-state index contributed by atoms with van der Waals surface area (Å²) < 4.78 is 1.79. The van der Waals surface area contributed by atoms with Gasteiger partial charge < -0.3 is 4.57 Å². The van der Waals surface area contributed by atoms with Crippen LogP contribution < -0.4 is 0 Å². The highest BCUT2D eigenvalue weighted by atomic mass is 16.6. The largest absolute Gasteiger partial charge is 0.332 e. The standard InChI is InChI=1S/C13H12N2O3/c16-8-11-6-10-2-1-3-12(15(17)18)13(10)14(11)7-9-4-5-9/h1-3,6,8-9H,4-5,7H2. The SMILES string of the molecule is O=Cc1cc2cccc([N+](=O)[O-])c2n1CC1CC1. The molecule has 1 saturated carbocycles. The molecule has 0 atom stereocenters. The summed E-state index contributed by atoms with van der Waals surface area (Å²) in [6.07, 6.45) is 3.04. The topological polar surface area (TPSA) is 65.1 Å². The number of nitrogens with zero attached hydrogens (tertiary/aromatic N) is 2. The monoisotopic (exact) mass is 244 g/mol. The third kappa shape index (κ3) is 1.68. The molecular weight excluding hydrogens is 232 g/mol. The van der Waals surface area contributed by atoms with Crippen LogP contribution in [0.25, 0.3) is 10.9 Å². The van der Waals surface area contributed by atoms with Gasteiger partial charge in [-0.1, -0.05) is 12.1 Å². The number of para-hydroxylation sites is 1. The number of aromatic nitrogens is 1. The van der Waals surface area contributed by atoms with E-state index in [0.29, 0.717) is 23.7 Å². The average Bonchev–Trinajstić information content (AvgIpc) is 3.10. The molecule has 1 aliphatic carbocycles. The highest BCUT2D eigenvalue weighted by Gasteiger charge is 2.26. The van der Waals surface area contributed by atoms with Crippen molar-refractivity contribution in [1.82, 2.24) is 4.57 Å². The molecule has 0 aliphatic heterocycles. The van der Waals surface area contributed by atoms with E-state index in [4.69, 9.17) is 0 Å². The van der Waals surface area contributed by atoms with E-state index in [-0.39, 0.29) is 10.6 Å². The smallest absolute Gasteiger partial charge is 0.293 e. The number of hydrogen-bond donors (Lipinski definition) is 0. The molecule has 2 aromatic rings. The van der Waals surface area contributed by atoms with E-state index in [1.54, 1.807) is 22.8 Å². The molecule has 0 bridgehead atoms. The number of fused-ring (bicyclic) bond motifs is 1. The first kappa shape index (κ1) is 11.0. The maximum Gasteiger partial charge on any atom is 0.293 e. The lowest BCUT2D eigenvalue weighted by atomic mass is 10.2. The van der Waals surface area contributed by atoms with Gasteiger partial charge in [0.15, 0.2) is 6.29 Å². The van der Waals surface area contributed by atoms with Crippen molar-refractivity contribution in [2.45, 2.75) is 19.4 Å². The highest BCUT2D eigenvalue weighted by Crippen LogP contribution is 2.35. The van der Waals surface area contributed by atoms with Gasteiger partial charge in [0.1, 0.15) is 5.52 Å². The van der Waals surface area contributed by atoms with Crippen LogP contribution in [0.15, 0.2) is 24.3 Å². The van der Waals surface area contributed by atoms with Gasteiger partial charge in [0.2, 0.25) is 0 Å². The van der Waals surface area contributed by atoms with E-state index in [9.17, 15) is 14.9 Å². The van der Waals surface area contributed by atoms with E-state index in [1.165, 1.54) is 6.07 Å². The maximum absolute atomic E-state index is 11.1. The molecule has 1 aromatic carbocycles. The Morgan fingerprint density at radius 2 is 2.22 bits per heavy atom. The first-order valence-electron chi connectivity index (χ1n) is 5.92. The molecule has 0 amide bonds. The van der Waals surface area contributed by atoms with Gasteiger partial charge in [0.05, 0.1) is 10.6 Å². The molecule has 0 radical (unpaired) electrons. The predicted molar refractivity (Wildman–Crippen MR) is 66.7 cm³/mol. The molecule has 1 heterocycles. The quantitative estimate of drug-likeness (QED) is 0.472. The number of carbonyl (C=O) groups is 1. The van der Waals surface area contributed by atoms with Crippen molar-refractivity contribution in [3.05, 3.63) is 40.1 Å². The van der Waals surface area contributed by atoms with Crippen LogP contribution in [0.5, 0.6) is 0 Å². The summed E-state index contributed by atoms with van der Waals surface area (Å²) in [5, 5.41) is 11.8. The molecule has 5 nitrogen and oxygen atoms in total. The summed E-state index contributed by atoms with van der Waals surface area (Å²) >= 11 is 0. The van der Waals surface area contributed by atoms with Crippen molar-refractivity contribution in [2.75, 3.05) is 0 Å². The van der Waals surface area contributed by atoms with Gasteiger partial charge in [-0.25, -0.2) is 0 Å². The average molecular weight is 244 g/mol. The van der Waals surface area contributed by atoms with Crippen LogP contribution in [0, 0.1) is 16.0 Å². The van der Waals surface area contributed by atoms with Crippen LogP contribution in [0.4, 0.5) is 5.69 Å². The normalized spacial score (nSPS) is 14.9. The lowest BCUT2D eigenvalue weighted by molar-refractivity contribution is -0.383. The Bertz CT molecular complexity index is 641. The molecule has 3 rings (SSSR count).